The van der Waals surface area contributed by atoms with Crippen LogP contribution in [0.4, 0.5) is 0 Å². The molecule has 1 heterocycles. The molecule has 130 valence electrons. The SMILES string of the molecule is CC(C)C(=O)N1CCC[C@@H](Oc2ccccc2/C=C/C(=O)NO)C1. The zero-order valence-electron chi connectivity index (χ0n) is 14.1. The molecule has 0 spiro atoms. The number of para-hydroxylation sites is 1. The van der Waals surface area contributed by atoms with Crippen LogP contribution in [0.25, 0.3) is 6.08 Å². The minimum Gasteiger partial charge on any atom is -0.488 e. The molecular weight excluding hydrogens is 308 g/mol. The number of hydrogen-bond donors (Lipinski definition) is 2. The van der Waals surface area contributed by atoms with Gasteiger partial charge in [0.05, 0.1) is 6.54 Å². The van der Waals surface area contributed by atoms with E-state index in [0.29, 0.717) is 12.3 Å². The van der Waals surface area contributed by atoms with Gasteiger partial charge in [-0.2, -0.15) is 0 Å². The van der Waals surface area contributed by atoms with E-state index < -0.39 is 5.91 Å². The second kappa shape index (κ2) is 8.49. The molecule has 1 atom stereocenters. The third-order valence-corrected chi connectivity index (χ3v) is 3.92. The van der Waals surface area contributed by atoms with Crippen molar-refractivity contribution in [3.05, 3.63) is 35.9 Å². The zero-order chi connectivity index (χ0) is 17.5. The van der Waals surface area contributed by atoms with Crippen LogP contribution in [-0.4, -0.2) is 41.1 Å². The van der Waals surface area contributed by atoms with Gasteiger partial charge in [0.15, 0.2) is 0 Å². The Morgan fingerprint density at radius 3 is 2.83 bits per heavy atom. The Balaban J connectivity index is 2.06. The van der Waals surface area contributed by atoms with Gasteiger partial charge in [-0.05, 0) is 25.0 Å². The van der Waals surface area contributed by atoms with Gasteiger partial charge in [-0.15, -0.1) is 0 Å². The van der Waals surface area contributed by atoms with Crippen molar-refractivity contribution in [2.75, 3.05) is 13.1 Å². The molecule has 1 aromatic carbocycles. The normalized spacial score (nSPS) is 18.0. The van der Waals surface area contributed by atoms with Gasteiger partial charge in [0.2, 0.25) is 5.91 Å². The van der Waals surface area contributed by atoms with Crippen LogP contribution in [0.15, 0.2) is 30.3 Å². The third-order valence-electron chi connectivity index (χ3n) is 3.92. The zero-order valence-corrected chi connectivity index (χ0v) is 14.1. The lowest BCUT2D eigenvalue weighted by atomic mass is 10.1. The second-order valence-corrected chi connectivity index (χ2v) is 6.17. The van der Waals surface area contributed by atoms with Crippen molar-refractivity contribution in [2.24, 2.45) is 5.92 Å². The van der Waals surface area contributed by atoms with E-state index in [2.05, 4.69) is 0 Å². The number of benzene rings is 1. The number of likely N-dealkylation sites (tertiary alicyclic amines) is 1. The number of hydroxylamine groups is 1. The summed E-state index contributed by atoms with van der Waals surface area (Å²) in [6.45, 7) is 5.15. The second-order valence-electron chi connectivity index (χ2n) is 6.17. The van der Waals surface area contributed by atoms with Gasteiger partial charge < -0.3 is 9.64 Å². The smallest absolute Gasteiger partial charge is 0.267 e. The maximum Gasteiger partial charge on any atom is 0.267 e. The maximum atomic E-state index is 12.2. The van der Waals surface area contributed by atoms with Crippen molar-refractivity contribution < 1.29 is 19.5 Å². The van der Waals surface area contributed by atoms with E-state index in [1.165, 1.54) is 6.08 Å². The van der Waals surface area contributed by atoms with Crippen LogP contribution in [0.1, 0.15) is 32.3 Å². The van der Waals surface area contributed by atoms with Crippen molar-refractivity contribution in [1.29, 1.82) is 0 Å². The summed E-state index contributed by atoms with van der Waals surface area (Å²) in [4.78, 5) is 25.2. The van der Waals surface area contributed by atoms with Gasteiger partial charge in [-0.3, -0.25) is 14.8 Å². The van der Waals surface area contributed by atoms with E-state index >= 15 is 0 Å². The fourth-order valence-corrected chi connectivity index (χ4v) is 2.71. The summed E-state index contributed by atoms with van der Waals surface area (Å²) >= 11 is 0. The van der Waals surface area contributed by atoms with Crippen LogP contribution in [0.3, 0.4) is 0 Å². The lowest BCUT2D eigenvalue weighted by molar-refractivity contribution is -0.137. The minimum absolute atomic E-state index is 0.0176. The van der Waals surface area contributed by atoms with E-state index in [0.717, 1.165) is 24.9 Å². The predicted molar refractivity (Wildman–Crippen MR) is 90.5 cm³/mol. The summed E-state index contributed by atoms with van der Waals surface area (Å²) in [5, 5.41) is 8.55. The largest absolute Gasteiger partial charge is 0.488 e. The van der Waals surface area contributed by atoms with Crippen molar-refractivity contribution in [1.82, 2.24) is 10.4 Å². The molecule has 6 heteroatoms. The average molecular weight is 332 g/mol. The Morgan fingerprint density at radius 1 is 1.38 bits per heavy atom. The molecule has 0 aliphatic carbocycles. The Morgan fingerprint density at radius 2 is 2.12 bits per heavy atom. The summed E-state index contributed by atoms with van der Waals surface area (Å²) in [5.41, 5.74) is 2.30. The summed E-state index contributed by atoms with van der Waals surface area (Å²) in [6, 6.07) is 7.37. The number of carbonyl (C=O) groups is 2. The third kappa shape index (κ3) is 4.83. The number of amides is 2. The van der Waals surface area contributed by atoms with Crippen molar-refractivity contribution >= 4 is 17.9 Å². The molecule has 1 aromatic rings. The molecule has 1 fully saturated rings. The molecule has 0 saturated carbocycles. The van der Waals surface area contributed by atoms with E-state index in [1.807, 2.05) is 43.0 Å². The molecule has 0 aromatic heterocycles. The molecule has 0 bridgehead atoms. The number of nitrogens with one attached hydrogen (secondary N) is 1. The maximum absolute atomic E-state index is 12.2. The summed E-state index contributed by atoms with van der Waals surface area (Å²) < 4.78 is 6.07. The fourth-order valence-electron chi connectivity index (χ4n) is 2.71. The number of piperidine rings is 1. The van der Waals surface area contributed by atoms with E-state index in [4.69, 9.17) is 9.94 Å². The topological polar surface area (TPSA) is 78.9 Å². The number of nitrogens with zero attached hydrogens (tertiary/aromatic N) is 1. The van der Waals surface area contributed by atoms with Crippen LogP contribution in [0.5, 0.6) is 5.75 Å². The summed E-state index contributed by atoms with van der Waals surface area (Å²) in [6.07, 6.45) is 4.55. The van der Waals surface area contributed by atoms with Crippen LogP contribution < -0.4 is 10.2 Å². The molecule has 1 saturated heterocycles. The molecule has 6 nitrogen and oxygen atoms in total. The monoisotopic (exact) mass is 332 g/mol. The molecular formula is C18H24N2O4. The number of hydrogen-bond acceptors (Lipinski definition) is 4. The van der Waals surface area contributed by atoms with Crippen LogP contribution in [0.2, 0.25) is 0 Å². The Kier molecular flexibility index (Phi) is 6.37. The van der Waals surface area contributed by atoms with E-state index in [1.54, 1.807) is 11.6 Å². The van der Waals surface area contributed by atoms with Gasteiger partial charge in [0.25, 0.3) is 5.91 Å². The predicted octanol–water partition coefficient (Wildman–Crippen LogP) is 2.23. The summed E-state index contributed by atoms with van der Waals surface area (Å²) in [7, 11) is 0. The first kappa shape index (κ1) is 18.0. The highest BCUT2D eigenvalue weighted by Gasteiger charge is 2.26. The number of rotatable bonds is 5. The van der Waals surface area contributed by atoms with Crippen molar-refractivity contribution in [3.63, 3.8) is 0 Å². The van der Waals surface area contributed by atoms with Crippen LogP contribution in [-0.2, 0) is 9.59 Å². The Labute approximate surface area is 142 Å². The Bertz CT molecular complexity index is 613. The van der Waals surface area contributed by atoms with E-state index in [9.17, 15) is 9.59 Å². The highest BCUT2D eigenvalue weighted by atomic mass is 16.5. The molecule has 24 heavy (non-hydrogen) atoms. The van der Waals surface area contributed by atoms with Gasteiger partial charge in [-0.25, -0.2) is 5.48 Å². The van der Waals surface area contributed by atoms with Crippen molar-refractivity contribution in [2.45, 2.75) is 32.8 Å². The standard InChI is InChI=1S/C18H24N2O4/c1-13(2)18(22)20-11-5-7-15(12-20)24-16-8-4-3-6-14(16)9-10-17(21)19-23/h3-4,6,8-10,13,15,23H,5,7,11-12H2,1-2H3,(H,19,21)/b10-9+/t15-/m1/s1. The van der Waals surface area contributed by atoms with Gasteiger partial charge in [-0.1, -0.05) is 32.0 Å². The van der Waals surface area contributed by atoms with Crippen molar-refractivity contribution in [3.8, 4) is 5.75 Å². The quantitative estimate of drug-likeness (QED) is 0.492. The summed E-state index contributed by atoms with van der Waals surface area (Å²) in [5.74, 6) is 0.187. The minimum atomic E-state index is -0.601. The molecule has 2 N–H and O–H groups in total. The highest BCUT2D eigenvalue weighted by Crippen LogP contribution is 2.24. The Hall–Kier alpha value is -2.34. The van der Waals surface area contributed by atoms with Gasteiger partial charge in [0.1, 0.15) is 11.9 Å². The highest BCUT2D eigenvalue weighted by molar-refractivity contribution is 5.91. The average Bonchev–Trinajstić information content (AvgIpc) is 2.60. The fraction of sp³-hybridized carbons (Fsp3) is 0.444. The lowest BCUT2D eigenvalue weighted by Crippen LogP contribution is -2.45. The molecule has 1 aliphatic heterocycles. The molecule has 1 aliphatic rings. The van der Waals surface area contributed by atoms with Crippen LogP contribution >= 0.6 is 0 Å². The molecule has 2 amide bonds. The lowest BCUT2D eigenvalue weighted by Gasteiger charge is -2.34. The number of carbonyl (C=O) groups excluding carboxylic acids is 2. The van der Waals surface area contributed by atoms with Gasteiger partial charge >= 0.3 is 0 Å². The number of ether oxygens (including phenoxy) is 1. The van der Waals surface area contributed by atoms with Gasteiger partial charge in [0, 0.05) is 24.1 Å². The molecule has 0 unspecified atom stereocenters. The molecule has 2 rings (SSSR count). The molecule has 0 radical (unpaired) electrons. The first-order valence-corrected chi connectivity index (χ1v) is 8.18. The van der Waals surface area contributed by atoms with Crippen LogP contribution in [0, 0.1) is 5.92 Å². The van der Waals surface area contributed by atoms with E-state index in [-0.39, 0.29) is 17.9 Å². The first-order chi connectivity index (χ1) is 11.5. The first-order valence-electron chi connectivity index (χ1n) is 8.18.